The Kier molecular flexibility index (Phi) is 2.02. The molecular weight excluding hydrogens is 152 g/mol. The lowest BCUT2D eigenvalue weighted by Gasteiger charge is -2.05. The zero-order valence-corrected chi connectivity index (χ0v) is 7.44. The molecule has 0 atom stereocenters. The second-order valence-electron chi connectivity index (χ2n) is 3.45. The first-order valence-corrected chi connectivity index (χ1v) is 4.55. The molecule has 0 radical (unpaired) electrons. The van der Waals surface area contributed by atoms with Gasteiger partial charge in [0.2, 0.25) is 0 Å². The van der Waals surface area contributed by atoms with Crippen molar-refractivity contribution in [1.82, 2.24) is 4.73 Å². The Morgan fingerprint density at radius 1 is 1.42 bits per heavy atom. The van der Waals surface area contributed by atoms with Gasteiger partial charge in [-0.1, -0.05) is 4.73 Å². The van der Waals surface area contributed by atoms with Gasteiger partial charge in [-0.3, -0.25) is 0 Å². The van der Waals surface area contributed by atoms with Crippen molar-refractivity contribution in [3.63, 3.8) is 0 Å². The highest BCUT2D eigenvalue weighted by molar-refractivity contribution is 4.69. The number of aryl methyl sites for hydroxylation is 1. The molecule has 1 aromatic rings. The second kappa shape index (κ2) is 3.17. The van der Waals surface area contributed by atoms with Crippen LogP contribution in [0.25, 0.3) is 0 Å². The van der Waals surface area contributed by atoms with Gasteiger partial charge >= 0.3 is 0 Å². The van der Waals surface area contributed by atoms with Gasteiger partial charge in [-0.25, -0.2) is 4.57 Å². The molecule has 1 aromatic heterocycles. The predicted octanol–water partition coefficient (Wildman–Crippen LogP) is 0.684. The van der Waals surface area contributed by atoms with Crippen molar-refractivity contribution in [3.8, 4) is 0 Å². The molecule has 0 bridgehead atoms. The Bertz CT molecular complexity index is 251. The van der Waals surface area contributed by atoms with E-state index >= 15 is 0 Å². The van der Waals surface area contributed by atoms with Crippen LogP contribution >= 0.6 is 0 Å². The van der Waals surface area contributed by atoms with E-state index in [4.69, 9.17) is 4.84 Å². The van der Waals surface area contributed by atoms with Crippen molar-refractivity contribution >= 4 is 0 Å². The van der Waals surface area contributed by atoms with Crippen molar-refractivity contribution < 1.29 is 9.40 Å². The number of imidazole rings is 1. The standard InChI is InChI=1S/C9H15N2O/c1-10-6-7-11(8-10)12-9-4-2-3-5-9/h6-9H,2-5H2,1H3/q+1. The average molecular weight is 167 g/mol. The van der Waals surface area contributed by atoms with E-state index in [0.717, 1.165) is 0 Å². The molecule has 0 aromatic carbocycles. The Hall–Kier alpha value is -0.990. The van der Waals surface area contributed by atoms with Crippen molar-refractivity contribution in [2.45, 2.75) is 31.8 Å². The van der Waals surface area contributed by atoms with E-state index in [1.165, 1.54) is 25.7 Å². The first kappa shape index (κ1) is 7.65. The Balaban J connectivity index is 1.94. The molecule has 0 spiro atoms. The van der Waals surface area contributed by atoms with E-state index < -0.39 is 0 Å². The minimum atomic E-state index is 0.442. The molecule has 1 aliphatic carbocycles. The van der Waals surface area contributed by atoms with E-state index in [1.807, 2.05) is 30.3 Å². The summed E-state index contributed by atoms with van der Waals surface area (Å²) in [4.78, 5) is 5.69. The minimum Gasteiger partial charge on any atom is -0.333 e. The lowest BCUT2D eigenvalue weighted by molar-refractivity contribution is -0.672. The largest absolute Gasteiger partial charge is 0.333 e. The third-order valence-corrected chi connectivity index (χ3v) is 2.32. The van der Waals surface area contributed by atoms with E-state index in [0.29, 0.717) is 6.10 Å². The minimum absolute atomic E-state index is 0.442. The maximum absolute atomic E-state index is 5.69. The topological polar surface area (TPSA) is 18.0 Å². The summed E-state index contributed by atoms with van der Waals surface area (Å²) < 4.78 is 3.78. The maximum atomic E-state index is 5.69. The molecule has 0 N–H and O–H groups in total. The summed E-state index contributed by atoms with van der Waals surface area (Å²) in [5.74, 6) is 0. The fourth-order valence-corrected chi connectivity index (χ4v) is 1.66. The zero-order chi connectivity index (χ0) is 8.39. The molecule has 1 saturated carbocycles. The summed E-state index contributed by atoms with van der Waals surface area (Å²) in [6.45, 7) is 0. The van der Waals surface area contributed by atoms with Gasteiger partial charge < -0.3 is 4.84 Å². The summed E-state index contributed by atoms with van der Waals surface area (Å²) >= 11 is 0. The lowest BCUT2D eigenvalue weighted by Crippen LogP contribution is -2.27. The summed E-state index contributed by atoms with van der Waals surface area (Å²) in [6.07, 6.45) is 11.4. The van der Waals surface area contributed by atoms with Crippen LogP contribution in [0.4, 0.5) is 0 Å². The van der Waals surface area contributed by atoms with E-state index in [9.17, 15) is 0 Å². The first-order chi connectivity index (χ1) is 5.84. The van der Waals surface area contributed by atoms with E-state index in [-0.39, 0.29) is 0 Å². The highest BCUT2D eigenvalue weighted by atomic mass is 16.7. The average Bonchev–Trinajstić information content (AvgIpc) is 2.63. The van der Waals surface area contributed by atoms with Gasteiger partial charge in [0.1, 0.15) is 12.3 Å². The van der Waals surface area contributed by atoms with Gasteiger partial charge in [0.05, 0.1) is 7.05 Å². The molecule has 66 valence electrons. The van der Waals surface area contributed by atoms with E-state index in [2.05, 4.69) is 0 Å². The maximum Gasteiger partial charge on any atom is 0.284 e. The highest BCUT2D eigenvalue weighted by Crippen LogP contribution is 2.18. The van der Waals surface area contributed by atoms with Crippen LogP contribution in [0.5, 0.6) is 0 Å². The number of hydrogen-bond donors (Lipinski definition) is 0. The third-order valence-electron chi connectivity index (χ3n) is 2.32. The molecular formula is C9H15N2O+. The fraction of sp³-hybridized carbons (Fsp3) is 0.667. The third kappa shape index (κ3) is 1.60. The van der Waals surface area contributed by atoms with Crippen molar-refractivity contribution in [2.24, 2.45) is 7.05 Å². The SMILES string of the molecule is C[n+]1ccn(OC2CCCC2)c1. The summed E-state index contributed by atoms with van der Waals surface area (Å²) in [7, 11) is 1.99. The second-order valence-corrected chi connectivity index (χ2v) is 3.45. The van der Waals surface area contributed by atoms with Crippen LogP contribution in [-0.4, -0.2) is 10.8 Å². The summed E-state index contributed by atoms with van der Waals surface area (Å²) in [5.41, 5.74) is 0. The summed E-state index contributed by atoms with van der Waals surface area (Å²) in [6, 6.07) is 0. The number of aromatic nitrogens is 2. The zero-order valence-electron chi connectivity index (χ0n) is 7.44. The molecule has 0 unspecified atom stereocenters. The van der Waals surface area contributed by atoms with Crippen LogP contribution < -0.4 is 9.40 Å². The molecule has 3 nitrogen and oxygen atoms in total. The molecule has 1 heterocycles. The normalized spacial score (nSPS) is 18.4. The molecule has 0 amide bonds. The smallest absolute Gasteiger partial charge is 0.284 e. The van der Waals surface area contributed by atoms with Gasteiger partial charge in [0, 0.05) is 0 Å². The predicted molar refractivity (Wildman–Crippen MR) is 44.4 cm³/mol. The molecule has 2 rings (SSSR count). The van der Waals surface area contributed by atoms with Crippen LogP contribution in [-0.2, 0) is 7.05 Å². The van der Waals surface area contributed by atoms with Crippen molar-refractivity contribution in [1.29, 1.82) is 0 Å². The van der Waals surface area contributed by atoms with Gasteiger partial charge in [-0.15, -0.1) is 0 Å². The molecule has 1 fully saturated rings. The molecule has 0 aliphatic heterocycles. The first-order valence-electron chi connectivity index (χ1n) is 4.55. The lowest BCUT2D eigenvalue weighted by atomic mass is 10.3. The quantitative estimate of drug-likeness (QED) is 0.592. The monoisotopic (exact) mass is 167 g/mol. The van der Waals surface area contributed by atoms with Crippen molar-refractivity contribution in [3.05, 3.63) is 18.7 Å². The van der Waals surface area contributed by atoms with Crippen LogP contribution in [0, 0.1) is 0 Å². The fourth-order valence-electron chi connectivity index (χ4n) is 1.66. The van der Waals surface area contributed by atoms with Crippen LogP contribution in [0.15, 0.2) is 18.7 Å². The van der Waals surface area contributed by atoms with Gasteiger partial charge in [-0.05, 0) is 25.7 Å². The van der Waals surface area contributed by atoms with E-state index in [1.54, 1.807) is 4.73 Å². The number of hydrogen-bond acceptors (Lipinski definition) is 1. The van der Waals surface area contributed by atoms with Crippen molar-refractivity contribution in [2.75, 3.05) is 0 Å². The number of nitrogens with zero attached hydrogens (tertiary/aromatic N) is 2. The molecule has 0 saturated heterocycles. The van der Waals surface area contributed by atoms with Crippen LogP contribution in [0.2, 0.25) is 0 Å². The number of rotatable bonds is 2. The van der Waals surface area contributed by atoms with Gasteiger partial charge in [-0.2, -0.15) is 0 Å². The van der Waals surface area contributed by atoms with Crippen LogP contribution in [0.3, 0.4) is 0 Å². The van der Waals surface area contributed by atoms with Gasteiger partial charge in [0.15, 0.2) is 6.20 Å². The molecule has 3 heteroatoms. The molecule has 12 heavy (non-hydrogen) atoms. The Morgan fingerprint density at radius 2 is 2.17 bits per heavy atom. The van der Waals surface area contributed by atoms with Gasteiger partial charge in [0.25, 0.3) is 6.33 Å². The Morgan fingerprint density at radius 3 is 2.75 bits per heavy atom. The van der Waals surface area contributed by atoms with Crippen LogP contribution in [0.1, 0.15) is 25.7 Å². The summed E-state index contributed by atoms with van der Waals surface area (Å²) in [5, 5.41) is 0. The highest BCUT2D eigenvalue weighted by Gasteiger charge is 2.19. The molecule has 1 aliphatic rings. The Labute approximate surface area is 72.5 Å².